The fourth-order valence-electron chi connectivity index (χ4n) is 2.34. The summed E-state index contributed by atoms with van der Waals surface area (Å²) in [4.78, 5) is 17.7. The highest BCUT2D eigenvalue weighted by Gasteiger charge is 2.13. The Kier molecular flexibility index (Phi) is 3.74. The van der Waals surface area contributed by atoms with Gasteiger partial charge in [-0.2, -0.15) is 0 Å². The summed E-state index contributed by atoms with van der Waals surface area (Å²) in [7, 11) is 0. The van der Waals surface area contributed by atoms with Gasteiger partial charge in [-0.05, 0) is 51.0 Å². The van der Waals surface area contributed by atoms with E-state index >= 15 is 0 Å². The Bertz CT molecular complexity index is 842. The molecule has 0 aliphatic heterocycles. The van der Waals surface area contributed by atoms with E-state index in [0.29, 0.717) is 5.13 Å². The molecule has 5 heteroatoms. The van der Waals surface area contributed by atoms with Gasteiger partial charge < -0.3 is 9.73 Å². The van der Waals surface area contributed by atoms with Gasteiger partial charge in [0.25, 0.3) is 0 Å². The van der Waals surface area contributed by atoms with Crippen LogP contribution in [0.5, 0.6) is 0 Å². The molecule has 0 bridgehead atoms. The lowest BCUT2D eigenvalue weighted by Gasteiger charge is -2.02. The molecule has 4 nitrogen and oxygen atoms in total. The second-order valence-corrected chi connectivity index (χ2v) is 6.78. The first-order valence-corrected chi connectivity index (χ1v) is 7.97. The standard InChI is InChI=1S/C17H18N2O2S/c1-9-5-14-13(8-21-15(14)6-10(9)2)7-16(20)19-17-18-11(3)12(4)22-17/h5-6,8H,7H2,1-4H3,(H,18,19,20). The number of nitrogens with one attached hydrogen (secondary N) is 1. The number of fused-ring (bicyclic) bond motifs is 1. The van der Waals surface area contributed by atoms with Crippen LogP contribution in [0.25, 0.3) is 11.0 Å². The van der Waals surface area contributed by atoms with Crippen LogP contribution in [0.3, 0.4) is 0 Å². The van der Waals surface area contributed by atoms with E-state index in [2.05, 4.69) is 30.2 Å². The van der Waals surface area contributed by atoms with Crippen LogP contribution in [0, 0.1) is 27.7 Å². The van der Waals surface area contributed by atoms with E-state index < -0.39 is 0 Å². The molecule has 0 unspecified atom stereocenters. The van der Waals surface area contributed by atoms with E-state index in [-0.39, 0.29) is 12.3 Å². The van der Waals surface area contributed by atoms with E-state index in [4.69, 9.17) is 4.42 Å². The third kappa shape index (κ3) is 2.76. The molecule has 0 spiro atoms. The summed E-state index contributed by atoms with van der Waals surface area (Å²) in [5.41, 5.74) is 5.07. The summed E-state index contributed by atoms with van der Waals surface area (Å²) >= 11 is 1.50. The zero-order valence-electron chi connectivity index (χ0n) is 13.1. The SMILES string of the molecule is Cc1cc2occ(CC(=O)Nc3nc(C)c(C)s3)c2cc1C. The number of benzene rings is 1. The number of aryl methyl sites for hydroxylation is 4. The van der Waals surface area contributed by atoms with E-state index in [1.54, 1.807) is 6.26 Å². The Morgan fingerprint density at radius 1 is 1.23 bits per heavy atom. The maximum absolute atomic E-state index is 12.2. The molecule has 0 aliphatic rings. The van der Waals surface area contributed by atoms with Crippen molar-refractivity contribution in [3.8, 4) is 0 Å². The van der Waals surface area contributed by atoms with Gasteiger partial charge in [-0.25, -0.2) is 4.98 Å². The number of furan rings is 1. The third-order valence-corrected chi connectivity index (χ3v) is 4.88. The van der Waals surface area contributed by atoms with Gasteiger partial charge in [-0.1, -0.05) is 0 Å². The average molecular weight is 314 g/mol. The monoisotopic (exact) mass is 314 g/mol. The molecule has 0 atom stereocenters. The summed E-state index contributed by atoms with van der Waals surface area (Å²) in [6.07, 6.45) is 1.95. The molecule has 22 heavy (non-hydrogen) atoms. The molecule has 1 aromatic carbocycles. The Balaban J connectivity index is 1.80. The molecule has 114 valence electrons. The van der Waals surface area contributed by atoms with Gasteiger partial charge in [0.15, 0.2) is 5.13 Å². The number of carbonyl (C=O) groups is 1. The minimum Gasteiger partial charge on any atom is -0.464 e. The van der Waals surface area contributed by atoms with E-state index in [1.165, 1.54) is 22.5 Å². The zero-order valence-corrected chi connectivity index (χ0v) is 13.9. The van der Waals surface area contributed by atoms with Crippen molar-refractivity contribution in [2.45, 2.75) is 34.1 Å². The Morgan fingerprint density at radius 2 is 1.95 bits per heavy atom. The maximum Gasteiger partial charge on any atom is 0.230 e. The highest BCUT2D eigenvalue weighted by molar-refractivity contribution is 7.15. The van der Waals surface area contributed by atoms with Crippen LogP contribution in [0.1, 0.15) is 27.3 Å². The van der Waals surface area contributed by atoms with E-state index in [9.17, 15) is 4.79 Å². The van der Waals surface area contributed by atoms with Gasteiger partial charge in [-0.3, -0.25) is 4.79 Å². The largest absolute Gasteiger partial charge is 0.464 e. The van der Waals surface area contributed by atoms with Crippen molar-refractivity contribution in [2.24, 2.45) is 0 Å². The highest BCUT2D eigenvalue weighted by Crippen LogP contribution is 2.26. The summed E-state index contributed by atoms with van der Waals surface area (Å²) in [5, 5.41) is 4.52. The number of nitrogens with zero attached hydrogens (tertiary/aromatic N) is 1. The van der Waals surface area contributed by atoms with Crippen molar-refractivity contribution in [3.63, 3.8) is 0 Å². The van der Waals surface area contributed by atoms with Gasteiger partial charge in [0.1, 0.15) is 5.58 Å². The number of amides is 1. The van der Waals surface area contributed by atoms with Gasteiger partial charge in [0.2, 0.25) is 5.91 Å². The van der Waals surface area contributed by atoms with Crippen molar-refractivity contribution < 1.29 is 9.21 Å². The predicted octanol–water partition coefficient (Wildman–Crippen LogP) is 4.30. The first-order valence-electron chi connectivity index (χ1n) is 7.15. The Hall–Kier alpha value is -2.14. The normalized spacial score (nSPS) is 11.1. The number of carbonyl (C=O) groups excluding carboxylic acids is 1. The number of anilines is 1. The minimum absolute atomic E-state index is 0.0744. The van der Waals surface area contributed by atoms with Gasteiger partial charge in [0.05, 0.1) is 18.4 Å². The summed E-state index contributed by atoms with van der Waals surface area (Å²) < 4.78 is 5.57. The van der Waals surface area contributed by atoms with Gasteiger partial charge >= 0.3 is 0 Å². The summed E-state index contributed by atoms with van der Waals surface area (Å²) in [6.45, 7) is 8.05. The van der Waals surface area contributed by atoms with Crippen LogP contribution in [0.2, 0.25) is 0 Å². The molecule has 0 fully saturated rings. The lowest BCUT2D eigenvalue weighted by atomic mass is 10.0. The molecule has 0 saturated heterocycles. The van der Waals surface area contributed by atoms with Crippen molar-refractivity contribution in [1.29, 1.82) is 0 Å². The van der Waals surface area contributed by atoms with Crippen LogP contribution in [-0.2, 0) is 11.2 Å². The average Bonchev–Trinajstić information content (AvgIpc) is 2.95. The van der Waals surface area contributed by atoms with Crippen LogP contribution >= 0.6 is 11.3 Å². The molecule has 1 N–H and O–H groups in total. The molecular formula is C17H18N2O2S. The van der Waals surface area contributed by atoms with E-state index in [0.717, 1.165) is 27.1 Å². The first-order chi connectivity index (χ1) is 10.4. The number of hydrogen-bond donors (Lipinski definition) is 1. The molecule has 2 aromatic heterocycles. The van der Waals surface area contributed by atoms with Gasteiger partial charge in [0, 0.05) is 15.8 Å². The van der Waals surface area contributed by atoms with Crippen molar-refractivity contribution in [2.75, 3.05) is 5.32 Å². The van der Waals surface area contributed by atoms with Crippen molar-refractivity contribution in [1.82, 2.24) is 4.98 Å². The number of hydrogen-bond acceptors (Lipinski definition) is 4. The molecule has 2 heterocycles. The lowest BCUT2D eigenvalue weighted by Crippen LogP contribution is -2.14. The van der Waals surface area contributed by atoms with Gasteiger partial charge in [-0.15, -0.1) is 11.3 Å². The Morgan fingerprint density at radius 3 is 2.64 bits per heavy atom. The smallest absolute Gasteiger partial charge is 0.230 e. The first kappa shape index (κ1) is 14.8. The fraction of sp³-hybridized carbons (Fsp3) is 0.294. The lowest BCUT2D eigenvalue weighted by molar-refractivity contribution is -0.115. The topological polar surface area (TPSA) is 55.1 Å². The quantitative estimate of drug-likeness (QED) is 0.784. The highest BCUT2D eigenvalue weighted by atomic mass is 32.1. The maximum atomic E-state index is 12.2. The van der Waals surface area contributed by atoms with Crippen molar-refractivity contribution >= 4 is 33.3 Å². The summed E-state index contributed by atoms with van der Waals surface area (Å²) in [5.74, 6) is -0.0744. The number of aromatic nitrogens is 1. The van der Waals surface area contributed by atoms with E-state index in [1.807, 2.05) is 19.9 Å². The third-order valence-electron chi connectivity index (χ3n) is 3.90. The molecule has 0 aliphatic carbocycles. The van der Waals surface area contributed by atoms with Crippen LogP contribution in [0.4, 0.5) is 5.13 Å². The van der Waals surface area contributed by atoms with Crippen LogP contribution < -0.4 is 5.32 Å². The Labute approximate surface area is 133 Å². The number of thiazole rings is 1. The minimum atomic E-state index is -0.0744. The molecular weight excluding hydrogens is 296 g/mol. The fourth-order valence-corrected chi connectivity index (χ4v) is 3.17. The summed E-state index contributed by atoms with van der Waals surface area (Å²) in [6, 6.07) is 4.09. The van der Waals surface area contributed by atoms with Crippen molar-refractivity contribution in [3.05, 3.63) is 45.7 Å². The van der Waals surface area contributed by atoms with Crippen LogP contribution in [-0.4, -0.2) is 10.9 Å². The van der Waals surface area contributed by atoms with Crippen LogP contribution in [0.15, 0.2) is 22.8 Å². The second kappa shape index (κ2) is 5.57. The zero-order chi connectivity index (χ0) is 15.9. The predicted molar refractivity (Wildman–Crippen MR) is 89.6 cm³/mol. The molecule has 0 radical (unpaired) electrons. The number of rotatable bonds is 3. The second-order valence-electron chi connectivity index (χ2n) is 5.58. The molecule has 0 saturated carbocycles. The molecule has 3 aromatic rings. The molecule has 1 amide bonds. The molecule has 3 rings (SSSR count).